The van der Waals surface area contributed by atoms with Crippen LogP contribution >= 0.6 is 11.3 Å². The Morgan fingerprint density at radius 3 is 2.68 bits per heavy atom. The summed E-state index contributed by atoms with van der Waals surface area (Å²) in [7, 11) is 0. The van der Waals surface area contributed by atoms with Gasteiger partial charge in [0.1, 0.15) is 0 Å². The zero-order chi connectivity index (χ0) is 13.5. The zero-order valence-electron chi connectivity index (χ0n) is 11.7. The fourth-order valence-corrected chi connectivity index (χ4v) is 2.73. The Balaban J connectivity index is 1.77. The lowest BCUT2D eigenvalue weighted by Gasteiger charge is -2.04. The van der Waals surface area contributed by atoms with E-state index in [2.05, 4.69) is 59.9 Å². The molecule has 0 aliphatic heterocycles. The number of thiazole rings is 1. The third kappa shape index (κ3) is 5.13. The van der Waals surface area contributed by atoms with E-state index >= 15 is 0 Å². The van der Waals surface area contributed by atoms with Crippen molar-refractivity contribution in [3.8, 4) is 0 Å². The number of benzene rings is 1. The zero-order valence-corrected chi connectivity index (χ0v) is 12.5. The number of rotatable bonds is 7. The highest BCUT2D eigenvalue weighted by atomic mass is 32.1. The van der Waals surface area contributed by atoms with E-state index in [4.69, 9.17) is 0 Å². The minimum Gasteiger partial charge on any atom is -0.311 e. The van der Waals surface area contributed by atoms with Gasteiger partial charge in [0, 0.05) is 18.3 Å². The van der Waals surface area contributed by atoms with Crippen LogP contribution in [-0.2, 0) is 19.4 Å². The van der Waals surface area contributed by atoms with E-state index < -0.39 is 0 Å². The van der Waals surface area contributed by atoms with Crippen molar-refractivity contribution >= 4 is 11.3 Å². The predicted molar refractivity (Wildman–Crippen MR) is 82.5 cm³/mol. The van der Waals surface area contributed by atoms with Gasteiger partial charge in [-0.2, -0.15) is 0 Å². The molecule has 2 aromatic rings. The van der Waals surface area contributed by atoms with Crippen LogP contribution in [0.15, 0.2) is 35.7 Å². The Kier molecular flexibility index (Phi) is 5.55. The summed E-state index contributed by atoms with van der Waals surface area (Å²) in [4.78, 5) is 4.68. The number of hydrogen-bond donors (Lipinski definition) is 1. The van der Waals surface area contributed by atoms with Crippen LogP contribution in [0.4, 0.5) is 0 Å². The molecule has 2 nitrogen and oxygen atoms in total. The third-order valence-electron chi connectivity index (χ3n) is 2.93. The van der Waals surface area contributed by atoms with Gasteiger partial charge < -0.3 is 5.32 Å². The Hall–Kier alpha value is -1.19. The molecule has 1 aromatic heterocycles. The molecule has 0 saturated carbocycles. The maximum Gasteiger partial charge on any atom is 0.0932 e. The molecule has 102 valence electrons. The van der Waals surface area contributed by atoms with Crippen LogP contribution in [0.3, 0.4) is 0 Å². The van der Waals surface area contributed by atoms with Gasteiger partial charge in [-0.3, -0.25) is 0 Å². The fourth-order valence-electron chi connectivity index (χ4n) is 1.93. The summed E-state index contributed by atoms with van der Waals surface area (Å²) in [6.07, 6.45) is 2.12. The molecule has 0 spiro atoms. The van der Waals surface area contributed by atoms with Gasteiger partial charge in [-0.25, -0.2) is 4.98 Å². The molecule has 0 bridgehead atoms. The third-order valence-corrected chi connectivity index (χ3v) is 3.89. The molecule has 2 rings (SSSR count). The van der Waals surface area contributed by atoms with E-state index in [0.29, 0.717) is 5.92 Å². The minimum atomic E-state index is 0.691. The maximum absolute atomic E-state index is 4.68. The normalized spacial score (nSPS) is 11.1. The maximum atomic E-state index is 4.68. The molecule has 0 radical (unpaired) electrons. The van der Waals surface area contributed by atoms with Gasteiger partial charge >= 0.3 is 0 Å². The van der Waals surface area contributed by atoms with E-state index in [1.807, 2.05) is 0 Å². The van der Waals surface area contributed by atoms with Crippen LogP contribution < -0.4 is 5.32 Å². The molecule has 19 heavy (non-hydrogen) atoms. The highest BCUT2D eigenvalue weighted by molar-refractivity contribution is 7.09. The first-order chi connectivity index (χ1) is 9.24. The molecule has 0 aliphatic carbocycles. The Morgan fingerprint density at radius 1 is 1.16 bits per heavy atom. The summed E-state index contributed by atoms with van der Waals surface area (Å²) in [6, 6.07) is 10.6. The van der Waals surface area contributed by atoms with Crippen molar-refractivity contribution < 1.29 is 0 Å². The van der Waals surface area contributed by atoms with Crippen molar-refractivity contribution in [3.05, 3.63) is 52.0 Å². The molecule has 1 N–H and O–H groups in total. The summed E-state index contributed by atoms with van der Waals surface area (Å²) < 4.78 is 0. The highest BCUT2D eigenvalue weighted by Gasteiger charge is 2.03. The molecule has 0 atom stereocenters. The van der Waals surface area contributed by atoms with Crippen molar-refractivity contribution in [1.29, 1.82) is 0 Å². The van der Waals surface area contributed by atoms with E-state index in [-0.39, 0.29) is 0 Å². The highest BCUT2D eigenvalue weighted by Crippen LogP contribution is 2.13. The summed E-state index contributed by atoms with van der Waals surface area (Å²) in [5, 5.41) is 6.85. The Morgan fingerprint density at radius 2 is 1.95 bits per heavy atom. The number of nitrogens with one attached hydrogen (secondary N) is 1. The van der Waals surface area contributed by atoms with Gasteiger partial charge in [-0.15, -0.1) is 11.3 Å². The second kappa shape index (κ2) is 7.41. The molecule has 0 aliphatic rings. The molecule has 0 saturated heterocycles. The molecule has 0 unspecified atom stereocenters. The standard InChI is InChI=1S/C16H22N2S/c1-13(2)10-17-11-15-12-19-16(18-15)9-8-14-6-4-3-5-7-14/h3-7,12-13,17H,8-11H2,1-2H3. The van der Waals surface area contributed by atoms with Crippen LogP contribution in [0, 0.1) is 5.92 Å². The molecule has 0 fully saturated rings. The average Bonchev–Trinajstić information content (AvgIpc) is 2.85. The fraction of sp³-hybridized carbons (Fsp3) is 0.438. The molecule has 3 heteroatoms. The van der Waals surface area contributed by atoms with Gasteiger partial charge in [0.05, 0.1) is 10.7 Å². The van der Waals surface area contributed by atoms with Crippen LogP contribution in [0.25, 0.3) is 0 Å². The largest absolute Gasteiger partial charge is 0.311 e. The molecule has 0 amide bonds. The second-order valence-electron chi connectivity index (χ2n) is 5.24. The summed E-state index contributed by atoms with van der Waals surface area (Å²) in [5.74, 6) is 0.691. The minimum absolute atomic E-state index is 0.691. The lowest BCUT2D eigenvalue weighted by molar-refractivity contribution is 0.548. The average molecular weight is 274 g/mol. The SMILES string of the molecule is CC(C)CNCc1csc(CCc2ccccc2)n1. The summed E-state index contributed by atoms with van der Waals surface area (Å²) in [5.41, 5.74) is 2.56. The topological polar surface area (TPSA) is 24.9 Å². The molecular weight excluding hydrogens is 252 g/mol. The molecule has 1 heterocycles. The van der Waals surface area contributed by atoms with Gasteiger partial charge in [-0.1, -0.05) is 44.2 Å². The number of nitrogens with zero attached hydrogens (tertiary/aromatic N) is 1. The van der Waals surface area contributed by atoms with Crippen molar-refractivity contribution in [2.24, 2.45) is 5.92 Å². The Labute approximate surface area is 119 Å². The van der Waals surface area contributed by atoms with Crippen molar-refractivity contribution in [3.63, 3.8) is 0 Å². The van der Waals surface area contributed by atoms with Crippen LogP contribution in [-0.4, -0.2) is 11.5 Å². The van der Waals surface area contributed by atoms with E-state index in [1.165, 1.54) is 16.3 Å². The smallest absolute Gasteiger partial charge is 0.0932 e. The summed E-state index contributed by atoms with van der Waals surface area (Å²) in [6.45, 7) is 6.38. The van der Waals surface area contributed by atoms with Gasteiger partial charge in [0.2, 0.25) is 0 Å². The first kappa shape index (κ1) is 14.2. The van der Waals surface area contributed by atoms with Crippen LogP contribution in [0.5, 0.6) is 0 Å². The quantitative estimate of drug-likeness (QED) is 0.833. The summed E-state index contributed by atoms with van der Waals surface area (Å²) >= 11 is 1.78. The number of aromatic nitrogens is 1. The first-order valence-electron chi connectivity index (χ1n) is 6.92. The lowest BCUT2D eigenvalue weighted by atomic mass is 10.1. The predicted octanol–water partition coefficient (Wildman–Crippen LogP) is 3.67. The van der Waals surface area contributed by atoms with Crippen molar-refractivity contribution in [1.82, 2.24) is 10.3 Å². The number of hydrogen-bond acceptors (Lipinski definition) is 3. The van der Waals surface area contributed by atoms with Gasteiger partial charge in [0.25, 0.3) is 0 Å². The van der Waals surface area contributed by atoms with Gasteiger partial charge in [0.15, 0.2) is 0 Å². The molecular formula is C16H22N2S. The Bertz CT molecular complexity index is 477. The van der Waals surface area contributed by atoms with Gasteiger partial charge in [-0.05, 0) is 24.4 Å². The second-order valence-corrected chi connectivity index (χ2v) is 6.19. The molecule has 1 aromatic carbocycles. The van der Waals surface area contributed by atoms with Crippen molar-refractivity contribution in [2.45, 2.75) is 33.2 Å². The van der Waals surface area contributed by atoms with E-state index in [9.17, 15) is 0 Å². The first-order valence-corrected chi connectivity index (χ1v) is 7.80. The van der Waals surface area contributed by atoms with E-state index in [0.717, 1.165) is 25.9 Å². The van der Waals surface area contributed by atoms with Crippen LogP contribution in [0.2, 0.25) is 0 Å². The van der Waals surface area contributed by atoms with Crippen LogP contribution in [0.1, 0.15) is 30.1 Å². The monoisotopic (exact) mass is 274 g/mol. The van der Waals surface area contributed by atoms with E-state index in [1.54, 1.807) is 11.3 Å². The van der Waals surface area contributed by atoms with Crippen molar-refractivity contribution in [2.75, 3.05) is 6.54 Å². The lowest BCUT2D eigenvalue weighted by Crippen LogP contribution is -2.19. The number of aryl methyl sites for hydroxylation is 2.